The Kier molecular flexibility index (Phi) is 25.1. The van der Waals surface area contributed by atoms with Crippen molar-refractivity contribution >= 4 is 9.76 Å². The molecule has 0 amide bonds. The monoisotopic (exact) mass is 542 g/mol. The van der Waals surface area contributed by atoms with Crippen LogP contribution in [0.2, 0.25) is 6.04 Å². The smallest absolute Gasteiger partial charge is 0.161 e. The maximum atomic E-state index is 6.37. The van der Waals surface area contributed by atoms with Crippen LogP contribution >= 0.6 is 0 Å². The molecule has 0 aromatic heterocycles. The first-order valence-electron chi connectivity index (χ1n) is 16.7. The van der Waals surface area contributed by atoms with Crippen molar-refractivity contribution in [2.45, 2.75) is 145 Å². The van der Waals surface area contributed by atoms with E-state index < -0.39 is 9.76 Å². The van der Waals surface area contributed by atoms with Crippen molar-refractivity contribution in [2.24, 2.45) is 5.41 Å². The van der Waals surface area contributed by atoms with Crippen molar-refractivity contribution < 1.29 is 4.43 Å². The zero-order valence-corrected chi connectivity index (χ0v) is 28.5. The lowest BCUT2D eigenvalue weighted by molar-refractivity contribution is 0.152. The molecule has 0 rings (SSSR count). The molecule has 0 aliphatic rings. The molecule has 0 fully saturated rings. The molecule has 1 unspecified atom stereocenters. The zero-order chi connectivity index (χ0) is 27.8. The fraction of sp³-hybridized carbons (Fsp3) is 1.00. The van der Waals surface area contributed by atoms with Gasteiger partial charge in [-0.2, -0.15) is 0 Å². The van der Waals surface area contributed by atoms with Crippen molar-refractivity contribution in [3.8, 4) is 0 Å². The summed E-state index contributed by atoms with van der Waals surface area (Å²) in [7, 11) is -0.422. The summed E-state index contributed by atoms with van der Waals surface area (Å²) < 4.78 is 6.37. The summed E-state index contributed by atoms with van der Waals surface area (Å²) in [4.78, 5) is 8.03. The largest absolute Gasteiger partial charge is 0.421 e. The van der Waals surface area contributed by atoms with Crippen LogP contribution in [0.4, 0.5) is 0 Å². The minimum Gasteiger partial charge on any atom is -0.421 e. The number of rotatable bonds is 28. The summed E-state index contributed by atoms with van der Waals surface area (Å²) in [6, 6.07) is 1.36. The molecule has 5 heteroatoms. The molecule has 37 heavy (non-hydrogen) atoms. The van der Waals surface area contributed by atoms with Crippen LogP contribution in [0.15, 0.2) is 0 Å². The lowest BCUT2D eigenvalue weighted by Crippen LogP contribution is -2.31. The Morgan fingerprint density at radius 3 is 1.30 bits per heavy atom. The fourth-order valence-corrected chi connectivity index (χ4v) is 7.87. The van der Waals surface area contributed by atoms with Crippen LogP contribution in [-0.4, -0.2) is 89.5 Å². The molecule has 224 valence electrons. The molecule has 4 nitrogen and oxygen atoms in total. The zero-order valence-electron chi connectivity index (χ0n) is 27.1. The summed E-state index contributed by atoms with van der Waals surface area (Å²) >= 11 is 0. The number of nitrogens with zero attached hydrogens (tertiary/aromatic N) is 3. The summed E-state index contributed by atoms with van der Waals surface area (Å²) in [5.74, 6) is 0. The Bertz CT molecular complexity index is 429. The van der Waals surface area contributed by atoms with Gasteiger partial charge in [-0.15, -0.1) is 0 Å². The van der Waals surface area contributed by atoms with E-state index in [1.54, 1.807) is 0 Å². The second-order valence-corrected chi connectivity index (χ2v) is 13.1. The molecule has 0 saturated heterocycles. The highest BCUT2D eigenvalue weighted by atomic mass is 28.2. The van der Waals surface area contributed by atoms with Gasteiger partial charge in [0.1, 0.15) is 0 Å². The van der Waals surface area contributed by atoms with E-state index in [9.17, 15) is 0 Å². The second-order valence-electron chi connectivity index (χ2n) is 11.7. The maximum Gasteiger partial charge on any atom is 0.161 e. The van der Waals surface area contributed by atoms with Gasteiger partial charge in [-0.05, 0) is 148 Å². The van der Waals surface area contributed by atoms with Crippen molar-refractivity contribution in [2.75, 3.05) is 58.9 Å². The Labute approximate surface area is 237 Å². The molecule has 0 heterocycles. The molecule has 0 aliphatic heterocycles. The van der Waals surface area contributed by atoms with Gasteiger partial charge in [0.2, 0.25) is 0 Å². The molecule has 0 aliphatic carbocycles. The van der Waals surface area contributed by atoms with E-state index in [1.165, 1.54) is 142 Å². The van der Waals surface area contributed by atoms with Gasteiger partial charge in [-0.1, -0.05) is 54.9 Å². The van der Waals surface area contributed by atoms with Gasteiger partial charge in [-0.3, -0.25) is 0 Å². The average Bonchev–Trinajstić information content (AvgIpc) is 2.89. The topological polar surface area (TPSA) is 19.0 Å². The second kappa shape index (κ2) is 25.1. The van der Waals surface area contributed by atoms with Crippen LogP contribution in [0, 0.1) is 5.41 Å². The van der Waals surface area contributed by atoms with Crippen molar-refractivity contribution in [1.82, 2.24) is 14.7 Å². The first-order chi connectivity index (χ1) is 17.9. The molecule has 1 atom stereocenters. The van der Waals surface area contributed by atoms with Gasteiger partial charge >= 0.3 is 0 Å². The van der Waals surface area contributed by atoms with Gasteiger partial charge < -0.3 is 19.1 Å². The molecule has 0 radical (unpaired) electrons. The highest BCUT2D eigenvalue weighted by molar-refractivity contribution is 6.27. The SMILES string of the molecule is CCCC(C)O[SiH2]CCC(CCCN(CC)CCC)(CCCN(CC)CCC)CCCN(CC)CCC. The van der Waals surface area contributed by atoms with Crippen LogP contribution in [0.25, 0.3) is 0 Å². The van der Waals surface area contributed by atoms with E-state index in [1.807, 2.05) is 0 Å². The highest BCUT2D eigenvalue weighted by Crippen LogP contribution is 2.40. The first kappa shape index (κ1) is 37.1. The minimum absolute atomic E-state index is 0.422. The van der Waals surface area contributed by atoms with Crippen LogP contribution < -0.4 is 0 Å². The normalized spacial score (nSPS) is 13.7. The Balaban J connectivity index is 5.40. The number of hydrogen-bond acceptors (Lipinski definition) is 4. The predicted molar refractivity (Wildman–Crippen MR) is 171 cm³/mol. The predicted octanol–water partition coefficient (Wildman–Crippen LogP) is 7.61. The third kappa shape index (κ3) is 18.9. The van der Waals surface area contributed by atoms with Gasteiger partial charge in [0, 0.05) is 6.10 Å². The summed E-state index contributed by atoms with van der Waals surface area (Å²) in [5.41, 5.74) is 0.507. The Morgan fingerprint density at radius 2 is 0.973 bits per heavy atom. The van der Waals surface area contributed by atoms with Crippen LogP contribution in [0.5, 0.6) is 0 Å². The highest BCUT2D eigenvalue weighted by Gasteiger charge is 2.29. The van der Waals surface area contributed by atoms with Crippen molar-refractivity contribution in [3.63, 3.8) is 0 Å². The van der Waals surface area contributed by atoms with Gasteiger partial charge in [0.15, 0.2) is 9.76 Å². The average molecular weight is 542 g/mol. The van der Waals surface area contributed by atoms with E-state index in [0.29, 0.717) is 11.5 Å². The third-order valence-corrected chi connectivity index (χ3v) is 9.90. The lowest BCUT2D eigenvalue weighted by atomic mass is 9.73. The lowest BCUT2D eigenvalue weighted by Gasteiger charge is -2.37. The van der Waals surface area contributed by atoms with E-state index >= 15 is 0 Å². The summed E-state index contributed by atoms with van der Waals surface area (Å²) in [6.45, 7) is 29.7. The molecule has 0 aromatic rings. The van der Waals surface area contributed by atoms with Crippen molar-refractivity contribution in [3.05, 3.63) is 0 Å². The molecular formula is C32H71N3OSi. The maximum absolute atomic E-state index is 6.37. The Morgan fingerprint density at radius 1 is 0.568 bits per heavy atom. The van der Waals surface area contributed by atoms with Crippen LogP contribution in [-0.2, 0) is 4.43 Å². The van der Waals surface area contributed by atoms with E-state index in [-0.39, 0.29) is 0 Å². The Hall–Kier alpha value is 0.0569. The summed E-state index contributed by atoms with van der Waals surface area (Å²) in [6.07, 6.45) is 16.5. The number of hydrogen-bond donors (Lipinski definition) is 0. The first-order valence-corrected chi connectivity index (χ1v) is 18.3. The van der Waals surface area contributed by atoms with Crippen LogP contribution in [0.1, 0.15) is 132 Å². The molecule has 0 aromatic carbocycles. The van der Waals surface area contributed by atoms with Gasteiger partial charge in [0.25, 0.3) is 0 Å². The van der Waals surface area contributed by atoms with Gasteiger partial charge in [-0.25, -0.2) is 0 Å². The van der Waals surface area contributed by atoms with Crippen LogP contribution in [0.3, 0.4) is 0 Å². The third-order valence-electron chi connectivity index (χ3n) is 8.45. The van der Waals surface area contributed by atoms with E-state index in [0.717, 1.165) is 0 Å². The van der Waals surface area contributed by atoms with Gasteiger partial charge in [0.05, 0.1) is 0 Å². The molecule has 0 N–H and O–H groups in total. The van der Waals surface area contributed by atoms with E-state index in [2.05, 4.69) is 70.1 Å². The molecule has 0 spiro atoms. The van der Waals surface area contributed by atoms with Crippen molar-refractivity contribution in [1.29, 1.82) is 0 Å². The van der Waals surface area contributed by atoms with E-state index in [4.69, 9.17) is 4.43 Å². The molecule has 0 saturated carbocycles. The minimum atomic E-state index is -0.422. The summed E-state index contributed by atoms with van der Waals surface area (Å²) in [5, 5.41) is 0. The quantitative estimate of drug-likeness (QED) is 0.0749. The fourth-order valence-electron chi connectivity index (χ4n) is 6.24. The molecular weight excluding hydrogens is 470 g/mol. The molecule has 0 bridgehead atoms. The standard InChI is InChI=1S/C32H71N3OSi/c1-9-19-31(8)36-37-30-23-32(20-16-27-33(13-5)24-10-2,21-17-28-34(14-6)25-11-3)22-18-29-35(15-7)26-12-4/h31H,9-30,37H2,1-8H3.